The standard InChI is InChI=1S/C25H25Cl2FN6S/c26-19-6-4-17(5-7-19)15-30-23-14-24(22(28)12-18(23)16-31-32-25(29)35)34-10-8-33(9-11-34)21-3-1-2-20(27)13-21/h1-7,12-14,16,30H,8-11,15H2,(H3,29,32,35). The van der Waals surface area contributed by atoms with Crippen LogP contribution in [0.5, 0.6) is 0 Å². The number of piperazine rings is 1. The summed E-state index contributed by atoms with van der Waals surface area (Å²) in [5.41, 5.74) is 11.9. The summed E-state index contributed by atoms with van der Waals surface area (Å²) in [5.74, 6) is -0.324. The fraction of sp³-hybridized carbons (Fsp3) is 0.200. The SMILES string of the molecule is NC(=S)NN=Cc1cc(F)c(N2CCN(c3cccc(Cl)c3)CC2)cc1NCc1ccc(Cl)cc1. The van der Waals surface area contributed by atoms with Crippen LogP contribution in [0.15, 0.2) is 65.8 Å². The number of nitrogens with one attached hydrogen (secondary N) is 2. The third-order valence-corrected chi connectivity index (χ3v) is 6.27. The monoisotopic (exact) mass is 530 g/mol. The van der Waals surface area contributed by atoms with Crippen molar-refractivity contribution >= 4 is 63.8 Å². The summed E-state index contributed by atoms with van der Waals surface area (Å²) in [4.78, 5) is 4.31. The highest BCUT2D eigenvalue weighted by Gasteiger charge is 2.21. The van der Waals surface area contributed by atoms with Crippen molar-refractivity contribution in [2.24, 2.45) is 10.8 Å². The smallest absolute Gasteiger partial charge is 0.184 e. The zero-order chi connectivity index (χ0) is 24.8. The van der Waals surface area contributed by atoms with Crippen LogP contribution in [0.1, 0.15) is 11.1 Å². The third-order valence-electron chi connectivity index (χ3n) is 5.69. The molecule has 1 fully saturated rings. The van der Waals surface area contributed by atoms with Gasteiger partial charge in [-0.15, -0.1) is 0 Å². The molecular formula is C25H25Cl2FN6S. The van der Waals surface area contributed by atoms with Gasteiger partial charge in [-0.1, -0.05) is 41.4 Å². The van der Waals surface area contributed by atoms with Gasteiger partial charge in [-0.2, -0.15) is 5.10 Å². The van der Waals surface area contributed by atoms with E-state index in [1.165, 1.54) is 12.3 Å². The fourth-order valence-corrected chi connectivity index (χ4v) is 4.29. The molecule has 4 rings (SSSR count). The number of hydrazone groups is 1. The van der Waals surface area contributed by atoms with Crippen LogP contribution in [-0.4, -0.2) is 37.5 Å². The van der Waals surface area contributed by atoms with Crippen LogP contribution in [0.4, 0.5) is 21.5 Å². The first-order valence-corrected chi connectivity index (χ1v) is 12.2. The maximum absolute atomic E-state index is 15.2. The fourth-order valence-electron chi connectivity index (χ4n) is 3.92. The van der Waals surface area contributed by atoms with Gasteiger partial charge in [0.15, 0.2) is 5.11 Å². The molecule has 1 aliphatic rings. The molecule has 6 nitrogen and oxygen atoms in total. The Hall–Kier alpha value is -3.07. The lowest BCUT2D eigenvalue weighted by atomic mass is 10.1. The Morgan fingerprint density at radius 2 is 1.71 bits per heavy atom. The molecule has 0 aromatic heterocycles. The second kappa shape index (κ2) is 11.6. The molecule has 182 valence electrons. The summed E-state index contributed by atoms with van der Waals surface area (Å²) in [5, 5.41) is 8.81. The van der Waals surface area contributed by atoms with Gasteiger partial charge >= 0.3 is 0 Å². The predicted molar refractivity (Wildman–Crippen MR) is 149 cm³/mol. The van der Waals surface area contributed by atoms with E-state index >= 15 is 4.39 Å². The van der Waals surface area contributed by atoms with E-state index in [4.69, 9.17) is 41.2 Å². The summed E-state index contributed by atoms with van der Waals surface area (Å²) in [7, 11) is 0. The van der Waals surface area contributed by atoms with Crippen molar-refractivity contribution in [2.45, 2.75) is 6.54 Å². The molecule has 1 heterocycles. The largest absolute Gasteiger partial charge is 0.380 e. The number of nitrogens with zero attached hydrogens (tertiary/aromatic N) is 3. The second-order valence-electron chi connectivity index (χ2n) is 8.06. The lowest BCUT2D eigenvalue weighted by Gasteiger charge is -2.37. The minimum atomic E-state index is -0.324. The minimum Gasteiger partial charge on any atom is -0.380 e. The Morgan fingerprint density at radius 1 is 1.00 bits per heavy atom. The average Bonchev–Trinajstić information content (AvgIpc) is 2.84. The summed E-state index contributed by atoms with van der Waals surface area (Å²) >= 11 is 16.9. The Bertz CT molecular complexity index is 1210. The van der Waals surface area contributed by atoms with Gasteiger partial charge in [0.1, 0.15) is 5.82 Å². The van der Waals surface area contributed by atoms with E-state index < -0.39 is 0 Å². The highest BCUT2D eigenvalue weighted by molar-refractivity contribution is 7.80. The Balaban J connectivity index is 1.53. The number of rotatable bonds is 7. The van der Waals surface area contributed by atoms with Crippen LogP contribution in [0.3, 0.4) is 0 Å². The van der Waals surface area contributed by atoms with Gasteiger partial charge < -0.3 is 20.9 Å². The van der Waals surface area contributed by atoms with Gasteiger partial charge in [-0.25, -0.2) is 4.39 Å². The van der Waals surface area contributed by atoms with E-state index in [-0.39, 0.29) is 10.9 Å². The van der Waals surface area contributed by atoms with E-state index in [0.717, 1.165) is 30.0 Å². The first kappa shape index (κ1) is 25.0. The molecule has 1 saturated heterocycles. The number of hydrogen-bond donors (Lipinski definition) is 3. The lowest BCUT2D eigenvalue weighted by Crippen LogP contribution is -2.46. The molecule has 0 spiro atoms. The van der Waals surface area contributed by atoms with Crippen LogP contribution in [-0.2, 0) is 6.54 Å². The molecule has 0 saturated carbocycles. The zero-order valence-electron chi connectivity index (χ0n) is 18.8. The van der Waals surface area contributed by atoms with Crippen LogP contribution in [0.25, 0.3) is 0 Å². The molecule has 3 aromatic rings. The highest BCUT2D eigenvalue weighted by atomic mass is 35.5. The molecule has 0 unspecified atom stereocenters. The quantitative estimate of drug-likeness (QED) is 0.220. The molecule has 0 atom stereocenters. The zero-order valence-corrected chi connectivity index (χ0v) is 21.2. The van der Waals surface area contributed by atoms with Gasteiger partial charge in [0, 0.05) is 59.7 Å². The van der Waals surface area contributed by atoms with E-state index in [1.54, 1.807) is 0 Å². The van der Waals surface area contributed by atoms with Crippen molar-refractivity contribution in [2.75, 3.05) is 41.3 Å². The second-order valence-corrected chi connectivity index (χ2v) is 9.37. The first-order valence-electron chi connectivity index (χ1n) is 11.0. The Labute approximate surface area is 219 Å². The molecule has 0 radical (unpaired) electrons. The van der Waals surface area contributed by atoms with E-state index in [0.29, 0.717) is 40.9 Å². The van der Waals surface area contributed by atoms with E-state index in [2.05, 4.69) is 25.6 Å². The molecule has 10 heteroatoms. The highest BCUT2D eigenvalue weighted by Crippen LogP contribution is 2.29. The number of halogens is 3. The summed E-state index contributed by atoms with van der Waals surface area (Å²) < 4.78 is 15.2. The topological polar surface area (TPSA) is 68.9 Å². The van der Waals surface area contributed by atoms with Gasteiger partial charge in [-0.3, -0.25) is 5.43 Å². The minimum absolute atomic E-state index is 0.0339. The number of anilines is 3. The van der Waals surface area contributed by atoms with Crippen molar-refractivity contribution < 1.29 is 4.39 Å². The van der Waals surface area contributed by atoms with Gasteiger partial charge in [-0.05, 0) is 60.2 Å². The van der Waals surface area contributed by atoms with Crippen LogP contribution in [0, 0.1) is 5.82 Å². The predicted octanol–water partition coefficient (Wildman–Crippen LogP) is 5.24. The maximum atomic E-state index is 15.2. The molecule has 35 heavy (non-hydrogen) atoms. The molecule has 0 bridgehead atoms. The first-order chi connectivity index (χ1) is 16.9. The molecule has 4 N–H and O–H groups in total. The van der Waals surface area contributed by atoms with Gasteiger partial charge in [0.05, 0.1) is 11.9 Å². The normalized spacial score (nSPS) is 13.8. The average molecular weight is 531 g/mol. The number of hydrogen-bond acceptors (Lipinski definition) is 5. The summed E-state index contributed by atoms with van der Waals surface area (Å²) in [6, 6.07) is 18.6. The van der Waals surface area contributed by atoms with Gasteiger partial charge in [0.2, 0.25) is 0 Å². The van der Waals surface area contributed by atoms with Crippen LogP contribution < -0.4 is 26.3 Å². The van der Waals surface area contributed by atoms with Crippen molar-refractivity contribution in [1.82, 2.24) is 5.43 Å². The van der Waals surface area contributed by atoms with Crippen molar-refractivity contribution in [3.8, 4) is 0 Å². The number of thiocarbonyl (C=S) groups is 1. The Morgan fingerprint density at radius 3 is 2.40 bits per heavy atom. The van der Waals surface area contributed by atoms with E-state index in [9.17, 15) is 0 Å². The number of nitrogens with two attached hydrogens (primary N) is 1. The van der Waals surface area contributed by atoms with Gasteiger partial charge in [0.25, 0.3) is 0 Å². The lowest BCUT2D eigenvalue weighted by molar-refractivity contribution is 0.598. The van der Waals surface area contributed by atoms with E-state index in [1.807, 2.05) is 54.6 Å². The van der Waals surface area contributed by atoms with Crippen molar-refractivity contribution in [3.05, 3.63) is 87.7 Å². The number of benzene rings is 3. The molecule has 0 aliphatic carbocycles. The van der Waals surface area contributed by atoms with Crippen LogP contribution in [0.2, 0.25) is 10.0 Å². The summed E-state index contributed by atoms with van der Waals surface area (Å²) in [6.45, 7) is 3.41. The Kier molecular flexibility index (Phi) is 8.28. The third kappa shape index (κ3) is 6.75. The molecule has 3 aromatic carbocycles. The van der Waals surface area contributed by atoms with Crippen molar-refractivity contribution in [1.29, 1.82) is 0 Å². The summed E-state index contributed by atoms with van der Waals surface area (Å²) in [6.07, 6.45) is 1.49. The van der Waals surface area contributed by atoms with Crippen molar-refractivity contribution in [3.63, 3.8) is 0 Å². The molecule has 0 amide bonds. The molecule has 1 aliphatic heterocycles. The van der Waals surface area contributed by atoms with Crippen LogP contribution >= 0.6 is 35.4 Å². The molecular weight excluding hydrogens is 506 g/mol. The maximum Gasteiger partial charge on any atom is 0.184 e.